The molecule has 3 aromatic carbocycles. The van der Waals surface area contributed by atoms with Gasteiger partial charge in [-0.25, -0.2) is 8.42 Å². The minimum absolute atomic E-state index is 0.270. The molecule has 1 aliphatic rings. The molecule has 0 amide bonds. The molecule has 0 aliphatic carbocycles. The van der Waals surface area contributed by atoms with Crippen LogP contribution in [0.5, 0.6) is 0 Å². The van der Waals surface area contributed by atoms with E-state index in [0.717, 1.165) is 27.2 Å². The summed E-state index contributed by atoms with van der Waals surface area (Å²) in [5.74, 6) is 0. The largest absolute Gasteiger partial charge is 0.321 e. The number of nitrogens with one attached hydrogen (secondary N) is 1. The molecule has 166 valence electrons. The number of nitrogens with zero attached hydrogens (tertiary/aromatic N) is 2. The second-order valence-corrected chi connectivity index (χ2v) is 10.2. The van der Waals surface area contributed by atoms with Crippen molar-refractivity contribution in [2.75, 3.05) is 6.26 Å². The average molecular weight is 478 g/mol. The van der Waals surface area contributed by atoms with Gasteiger partial charge in [-0.05, 0) is 29.3 Å². The lowest BCUT2D eigenvalue weighted by Crippen LogP contribution is -2.25. The summed E-state index contributed by atoms with van der Waals surface area (Å²) in [6, 6.07) is 23.6. The number of aromatic nitrogens is 1. The molecule has 2 heterocycles. The molecule has 6 nitrogen and oxygen atoms in total. The van der Waals surface area contributed by atoms with Gasteiger partial charge in [-0.3, -0.25) is 4.79 Å². The minimum atomic E-state index is -3.67. The molecule has 0 saturated heterocycles. The molecular weight excluding hydrogens is 458 g/mol. The van der Waals surface area contributed by atoms with Crippen LogP contribution in [-0.2, 0) is 10.0 Å². The molecule has 5 rings (SSSR count). The average Bonchev–Trinajstić information content (AvgIpc) is 3.25. The number of pyridine rings is 1. The molecule has 4 aromatic rings. The van der Waals surface area contributed by atoms with Gasteiger partial charge in [0, 0.05) is 27.9 Å². The highest BCUT2D eigenvalue weighted by atomic mass is 35.5. The Bertz CT molecular complexity index is 1550. The van der Waals surface area contributed by atoms with Crippen LogP contribution < -0.4 is 5.56 Å². The van der Waals surface area contributed by atoms with Gasteiger partial charge in [0.25, 0.3) is 5.56 Å². The molecule has 0 saturated carbocycles. The van der Waals surface area contributed by atoms with Crippen LogP contribution in [0.2, 0.25) is 5.02 Å². The maximum Gasteiger partial charge on any atom is 0.258 e. The summed E-state index contributed by atoms with van der Waals surface area (Å²) in [6.45, 7) is 0. The van der Waals surface area contributed by atoms with Gasteiger partial charge in [0.1, 0.15) is 0 Å². The Labute approximate surface area is 196 Å². The Morgan fingerprint density at radius 3 is 2.30 bits per heavy atom. The Hall–Kier alpha value is -3.42. The van der Waals surface area contributed by atoms with Gasteiger partial charge < -0.3 is 4.98 Å². The van der Waals surface area contributed by atoms with Crippen LogP contribution in [0.4, 0.5) is 0 Å². The van der Waals surface area contributed by atoms with Crippen LogP contribution >= 0.6 is 11.6 Å². The summed E-state index contributed by atoms with van der Waals surface area (Å²) in [7, 11) is -3.67. The van der Waals surface area contributed by atoms with Gasteiger partial charge in [-0.2, -0.15) is 9.52 Å². The fraction of sp³-hybridized carbons (Fsp3) is 0.120. The summed E-state index contributed by atoms with van der Waals surface area (Å²) in [6.07, 6.45) is 1.39. The van der Waals surface area contributed by atoms with E-state index in [1.165, 1.54) is 0 Å². The number of benzene rings is 3. The summed E-state index contributed by atoms with van der Waals surface area (Å²) >= 11 is 6.31. The van der Waals surface area contributed by atoms with E-state index in [1.54, 1.807) is 18.2 Å². The lowest BCUT2D eigenvalue weighted by atomic mass is 9.91. The van der Waals surface area contributed by atoms with Crippen LogP contribution in [0.15, 0.2) is 88.8 Å². The first-order chi connectivity index (χ1) is 15.8. The zero-order chi connectivity index (χ0) is 23.2. The quantitative estimate of drug-likeness (QED) is 0.451. The van der Waals surface area contributed by atoms with Crippen molar-refractivity contribution in [1.29, 1.82) is 0 Å². The van der Waals surface area contributed by atoms with Crippen molar-refractivity contribution >= 4 is 38.2 Å². The van der Waals surface area contributed by atoms with Gasteiger partial charge in [-0.1, -0.05) is 72.3 Å². The second-order valence-electron chi connectivity index (χ2n) is 7.97. The Morgan fingerprint density at radius 1 is 0.970 bits per heavy atom. The van der Waals surface area contributed by atoms with E-state index >= 15 is 0 Å². The molecule has 0 fully saturated rings. The highest BCUT2D eigenvalue weighted by Gasteiger charge is 2.36. The van der Waals surface area contributed by atoms with Crippen molar-refractivity contribution < 1.29 is 8.42 Å². The van der Waals surface area contributed by atoms with E-state index in [2.05, 4.69) is 10.1 Å². The van der Waals surface area contributed by atoms with Crippen molar-refractivity contribution in [2.24, 2.45) is 5.10 Å². The van der Waals surface area contributed by atoms with Crippen LogP contribution in [0, 0.1) is 0 Å². The molecule has 8 heteroatoms. The molecule has 1 N–H and O–H groups in total. The number of hydrazone groups is 1. The maximum absolute atomic E-state index is 13.4. The summed E-state index contributed by atoms with van der Waals surface area (Å²) < 4.78 is 26.3. The monoisotopic (exact) mass is 477 g/mol. The molecule has 33 heavy (non-hydrogen) atoms. The topological polar surface area (TPSA) is 82.6 Å². The zero-order valence-corrected chi connectivity index (χ0v) is 19.3. The number of H-pyrrole nitrogens is 1. The smallest absolute Gasteiger partial charge is 0.258 e. The van der Waals surface area contributed by atoms with Gasteiger partial charge >= 0.3 is 0 Å². The van der Waals surface area contributed by atoms with Crippen LogP contribution in [0.3, 0.4) is 0 Å². The molecular formula is C25H20ClN3O3S. The van der Waals surface area contributed by atoms with E-state index < -0.39 is 16.1 Å². The highest BCUT2D eigenvalue weighted by molar-refractivity contribution is 7.88. The van der Waals surface area contributed by atoms with Crippen LogP contribution in [-0.4, -0.2) is 29.8 Å². The third-order valence-corrected chi connectivity index (χ3v) is 6.97. The van der Waals surface area contributed by atoms with Gasteiger partial charge in [0.2, 0.25) is 10.0 Å². The number of aromatic amines is 1. The zero-order valence-electron chi connectivity index (χ0n) is 17.7. The summed E-state index contributed by atoms with van der Waals surface area (Å²) in [4.78, 5) is 16.3. The minimum Gasteiger partial charge on any atom is -0.321 e. The van der Waals surface area contributed by atoms with Gasteiger partial charge in [0.05, 0.1) is 23.6 Å². The first kappa shape index (κ1) is 21.4. The van der Waals surface area contributed by atoms with E-state index in [1.807, 2.05) is 60.7 Å². The summed E-state index contributed by atoms with van der Waals surface area (Å²) in [5.41, 5.74) is 3.39. The van der Waals surface area contributed by atoms with Gasteiger partial charge in [-0.15, -0.1) is 0 Å². The van der Waals surface area contributed by atoms with E-state index in [-0.39, 0.29) is 12.0 Å². The lowest BCUT2D eigenvalue weighted by molar-refractivity contribution is 0.375. The predicted molar refractivity (Wildman–Crippen MR) is 132 cm³/mol. The first-order valence-electron chi connectivity index (χ1n) is 10.4. The number of hydrogen-bond donors (Lipinski definition) is 1. The Kier molecular flexibility index (Phi) is 5.31. The van der Waals surface area contributed by atoms with Crippen LogP contribution in [0.1, 0.15) is 23.6 Å². The third kappa shape index (κ3) is 3.94. The molecule has 0 bridgehead atoms. The number of rotatable bonds is 4. The molecule has 1 aliphatic heterocycles. The van der Waals surface area contributed by atoms with Gasteiger partial charge in [0.15, 0.2) is 0 Å². The normalized spacial score (nSPS) is 16.2. The maximum atomic E-state index is 13.4. The Balaban J connectivity index is 1.78. The molecule has 1 aromatic heterocycles. The SMILES string of the molecule is CS(=O)(=O)N1N=C(c2c(-c3ccccc3)c3cc(Cl)ccc3[nH]c2=O)C[C@H]1c1ccccc1. The van der Waals surface area contributed by atoms with E-state index in [9.17, 15) is 13.2 Å². The third-order valence-electron chi connectivity index (χ3n) is 5.72. The van der Waals surface area contributed by atoms with Crippen molar-refractivity contribution in [3.63, 3.8) is 0 Å². The van der Waals surface area contributed by atoms with E-state index in [4.69, 9.17) is 11.6 Å². The van der Waals surface area contributed by atoms with Crippen molar-refractivity contribution in [3.05, 3.63) is 105 Å². The summed E-state index contributed by atoms with van der Waals surface area (Å²) in [5, 5.41) is 5.77. The molecule has 0 spiro atoms. The van der Waals surface area contributed by atoms with Crippen molar-refractivity contribution in [2.45, 2.75) is 12.5 Å². The number of fused-ring (bicyclic) bond motifs is 1. The fourth-order valence-electron chi connectivity index (χ4n) is 4.31. The first-order valence-corrected chi connectivity index (χ1v) is 12.6. The standard InChI is InChI=1S/C25H20ClN3O3S/c1-33(31,32)29-22(16-8-4-2-5-9-16)15-21(28-29)24-23(17-10-6-3-7-11-17)19-14-18(26)12-13-20(19)27-25(24)30/h2-14,22H,15H2,1H3,(H,27,30)/t22-/m0/s1. The van der Waals surface area contributed by atoms with E-state index in [0.29, 0.717) is 27.4 Å². The lowest BCUT2D eigenvalue weighted by Gasteiger charge is -2.21. The Morgan fingerprint density at radius 2 is 1.64 bits per heavy atom. The number of halogens is 1. The molecule has 1 atom stereocenters. The number of sulfonamides is 1. The van der Waals surface area contributed by atoms with Crippen molar-refractivity contribution in [3.8, 4) is 11.1 Å². The second kappa shape index (κ2) is 8.17. The fourth-order valence-corrected chi connectivity index (χ4v) is 5.39. The molecule has 0 radical (unpaired) electrons. The predicted octanol–water partition coefficient (Wildman–Crippen LogP) is 4.96. The number of hydrogen-bond acceptors (Lipinski definition) is 4. The highest BCUT2D eigenvalue weighted by Crippen LogP contribution is 2.38. The van der Waals surface area contributed by atoms with Crippen LogP contribution in [0.25, 0.3) is 22.0 Å². The van der Waals surface area contributed by atoms with Crippen molar-refractivity contribution in [1.82, 2.24) is 9.40 Å². The molecule has 0 unspecified atom stereocenters.